The highest BCUT2D eigenvalue weighted by molar-refractivity contribution is 7.99. The van der Waals surface area contributed by atoms with Gasteiger partial charge in [0.1, 0.15) is 0 Å². The molecule has 0 N–H and O–H groups in total. The summed E-state index contributed by atoms with van der Waals surface area (Å²) in [6.07, 6.45) is 0. The number of rotatable bonds is 3. The van der Waals surface area contributed by atoms with Crippen LogP contribution in [0.1, 0.15) is 10.4 Å². The Bertz CT molecular complexity index is 828. The molecule has 0 aliphatic carbocycles. The lowest BCUT2D eigenvalue weighted by Gasteiger charge is -2.10. The lowest BCUT2D eigenvalue weighted by Crippen LogP contribution is -2.02. The maximum atomic E-state index is 11.9. The third kappa shape index (κ3) is 2.96. The van der Waals surface area contributed by atoms with E-state index in [-0.39, 0.29) is 5.97 Å². The molecule has 0 aliphatic heterocycles. The molecule has 110 valence electrons. The summed E-state index contributed by atoms with van der Waals surface area (Å²) in [5.74, 6) is -0.320. The molecule has 0 saturated carbocycles. The smallest absolute Gasteiger partial charge is 0.338 e. The van der Waals surface area contributed by atoms with E-state index in [9.17, 15) is 4.79 Å². The van der Waals surface area contributed by atoms with E-state index in [2.05, 4.69) is 0 Å². The summed E-state index contributed by atoms with van der Waals surface area (Å²) in [7, 11) is 1.40. The summed E-state index contributed by atoms with van der Waals surface area (Å²) in [4.78, 5) is 14.1. The van der Waals surface area contributed by atoms with Gasteiger partial charge in [-0.05, 0) is 47.2 Å². The van der Waals surface area contributed by atoms with Crippen LogP contribution in [-0.2, 0) is 4.74 Å². The minimum Gasteiger partial charge on any atom is -0.465 e. The third-order valence-electron chi connectivity index (χ3n) is 3.33. The van der Waals surface area contributed by atoms with Gasteiger partial charge in [-0.3, -0.25) is 0 Å². The molecule has 0 radical (unpaired) electrons. The summed E-state index contributed by atoms with van der Waals surface area (Å²) >= 11 is 7.56. The lowest BCUT2D eigenvalue weighted by molar-refractivity contribution is 0.0603. The van der Waals surface area contributed by atoms with Crippen LogP contribution in [0, 0.1) is 0 Å². The molecule has 0 fully saturated rings. The second-order valence-electron chi connectivity index (χ2n) is 4.70. The van der Waals surface area contributed by atoms with Crippen LogP contribution in [-0.4, -0.2) is 13.1 Å². The molecule has 0 amide bonds. The standard InChI is InChI=1S/C18H13ClO2S/c1-21-18(20)16-10-11-17(15-5-3-2-4-14(15)16)22-13-8-6-12(19)7-9-13/h2-11H,1H3. The van der Waals surface area contributed by atoms with Gasteiger partial charge >= 0.3 is 5.97 Å². The van der Waals surface area contributed by atoms with Gasteiger partial charge in [-0.25, -0.2) is 4.79 Å². The number of halogens is 1. The average molecular weight is 329 g/mol. The molecule has 0 saturated heterocycles. The fraction of sp³-hybridized carbons (Fsp3) is 0.0556. The van der Waals surface area contributed by atoms with E-state index in [1.165, 1.54) is 7.11 Å². The van der Waals surface area contributed by atoms with E-state index in [0.717, 1.165) is 25.6 Å². The number of benzene rings is 3. The second kappa shape index (κ2) is 6.42. The van der Waals surface area contributed by atoms with Gasteiger partial charge in [0.15, 0.2) is 0 Å². The summed E-state index contributed by atoms with van der Waals surface area (Å²) in [5, 5.41) is 2.65. The summed E-state index contributed by atoms with van der Waals surface area (Å²) in [5.41, 5.74) is 0.582. The highest BCUT2D eigenvalue weighted by Gasteiger charge is 2.13. The van der Waals surface area contributed by atoms with Crippen molar-refractivity contribution in [3.8, 4) is 0 Å². The molecule has 22 heavy (non-hydrogen) atoms. The van der Waals surface area contributed by atoms with E-state index in [1.54, 1.807) is 11.8 Å². The van der Waals surface area contributed by atoms with Crippen LogP contribution < -0.4 is 0 Å². The van der Waals surface area contributed by atoms with E-state index in [4.69, 9.17) is 16.3 Å². The normalized spacial score (nSPS) is 10.6. The van der Waals surface area contributed by atoms with Crippen molar-refractivity contribution in [2.24, 2.45) is 0 Å². The van der Waals surface area contributed by atoms with Crippen molar-refractivity contribution in [2.45, 2.75) is 9.79 Å². The van der Waals surface area contributed by atoms with Crippen molar-refractivity contribution in [1.29, 1.82) is 0 Å². The topological polar surface area (TPSA) is 26.3 Å². The Morgan fingerprint density at radius 1 is 0.955 bits per heavy atom. The first kappa shape index (κ1) is 14.9. The number of esters is 1. The first-order valence-corrected chi connectivity index (χ1v) is 7.92. The zero-order valence-electron chi connectivity index (χ0n) is 11.9. The SMILES string of the molecule is COC(=O)c1ccc(Sc2ccc(Cl)cc2)c2ccccc12. The van der Waals surface area contributed by atoms with Crippen molar-refractivity contribution in [2.75, 3.05) is 7.11 Å². The maximum absolute atomic E-state index is 11.9. The molecule has 3 aromatic carbocycles. The van der Waals surface area contributed by atoms with Gasteiger partial charge in [-0.1, -0.05) is 47.6 Å². The van der Waals surface area contributed by atoms with Crippen LogP contribution in [0.25, 0.3) is 10.8 Å². The maximum Gasteiger partial charge on any atom is 0.338 e. The Kier molecular flexibility index (Phi) is 4.36. The van der Waals surface area contributed by atoms with Crippen LogP contribution in [0.3, 0.4) is 0 Å². The molecule has 0 atom stereocenters. The number of hydrogen-bond donors (Lipinski definition) is 0. The van der Waals surface area contributed by atoms with Crippen LogP contribution in [0.2, 0.25) is 5.02 Å². The average Bonchev–Trinajstić information content (AvgIpc) is 2.56. The van der Waals surface area contributed by atoms with Crippen molar-refractivity contribution in [3.63, 3.8) is 0 Å². The summed E-state index contributed by atoms with van der Waals surface area (Å²) < 4.78 is 4.86. The number of carbonyl (C=O) groups excluding carboxylic acids is 1. The van der Waals surface area contributed by atoms with Crippen molar-refractivity contribution in [1.82, 2.24) is 0 Å². The fourth-order valence-corrected chi connectivity index (χ4v) is 3.35. The molecular weight excluding hydrogens is 316 g/mol. The fourth-order valence-electron chi connectivity index (χ4n) is 2.28. The van der Waals surface area contributed by atoms with Crippen LogP contribution >= 0.6 is 23.4 Å². The Hall–Kier alpha value is -1.97. The Labute approximate surface area is 138 Å². The number of carbonyl (C=O) groups is 1. The van der Waals surface area contributed by atoms with E-state index in [1.807, 2.05) is 60.7 Å². The minimum atomic E-state index is -0.320. The minimum absolute atomic E-state index is 0.320. The molecule has 0 unspecified atom stereocenters. The predicted octanol–water partition coefficient (Wildman–Crippen LogP) is 5.43. The van der Waals surface area contributed by atoms with Gasteiger partial charge in [0.05, 0.1) is 12.7 Å². The summed E-state index contributed by atoms with van der Waals surface area (Å²) in [6.45, 7) is 0. The number of fused-ring (bicyclic) bond motifs is 1. The lowest BCUT2D eigenvalue weighted by atomic mass is 10.0. The van der Waals surface area contributed by atoms with Gasteiger partial charge in [-0.2, -0.15) is 0 Å². The van der Waals surface area contributed by atoms with Crippen LogP contribution in [0.4, 0.5) is 0 Å². The van der Waals surface area contributed by atoms with Gasteiger partial charge in [0.2, 0.25) is 0 Å². The monoisotopic (exact) mass is 328 g/mol. The van der Waals surface area contributed by atoms with Crippen LogP contribution in [0.15, 0.2) is 70.5 Å². The molecule has 0 aromatic heterocycles. The quantitative estimate of drug-likeness (QED) is 0.599. The third-order valence-corrected chi connectivity index (χ3v) is 4.67. The van der Waals surface area contributed by atoms with Gasteiger partial charge in [0, 0.05) is 14.8 Å². The predicted molar refractivity (Wildman–Crippen MR) is 90.9 cm³/mol. The molecule has 3 rings (SSSR count). The van der Waals surface area contributed by atoms with Crippen molar-refractivity contribution < 1.29 is 9.53 Å². The Morgan fingerprint density at radius 2 is 1.64 bits per heavy atom. The Balaban J connectivity index is 2.07. The van der Waals surface area contributed by atoms with Crippen LogP contribution in [0.5, 0.6) is 0 Å². The van der Waals surface area contributed by atoms with Gasteiger partial charge < -0.3 is 4.74 Å². The Morgan fingerprint density at radius 3 is 2.32 bits per heavy atom. The molecule has 3 aromatic rings. The highest BCUT2D eigenvalue weighted by atomic mass is 35.5. The first-order chi connectivity index (χ1) is 10.7. The zero-order chi connectivity index (χ0) is 15.5. The second-order valence-corrected chi connectivity index (χ2v) is 6.26. The highest BCUT2D eigenvalue weighted by Crippen LogP contribution is 2.35. The summed E-state index contributed by atoms with van der Waals surface area (Å²) in [6, 6.07) is 19.3. The number of ether oxygens (including phenoxy) is 1. The number of hydrogen-bond acceptors (Lipinski definition) is 3. The molecule has 2 nitrogen and oxygen atoms in total. The number of methoxy groups -OCH3 is 1. The zero-order valence-corrected chi connectivity index (χ0v) is 13.4. The van der Waals surface area contributed by atoms with E-state index in [0.29, 0.717) is 5.56 Å². The largest absolute Gasteiger partial charge is 0.465 e. The molecule has 0 heterocycles. The van der Waals surface area contributed by atoms with E-state index >= 15 is 0 Å². The molecular formula is C18H13ClO2S. The van der Waals surface area contributed by atoms with Gasteiger partial charge in [0.25, 0.3) is 0 Å². The van der Waals surface area contributed by atoms with Gasteiger partial charge in [-0.15, -0.1) is 0 Å². The molecule has 4 heteroatoms. The molecule has 0 spiro atoms. The molecule has 0 aliphatic rings. The van der Waals surface area contributed by atoms with E-state index < -0.39 is 0 Å². The van der Waals surface area contributed by atoms with Crippen molar-refractivity contribution in [3.05, 3.63) is 71.2 Å². The first-order valence-electron chi connectivity index (χ1n) is 6.72. The van der Waals surface area contributed by atoms with Crippen molar-refractivity contribution >= 4 is 40.1 Å². The molecule has 0 bridgehead atoms.